The first-order valence-electron chi connectivity index (χ1n) is 12.6. The lowest BCUT2D eigenvalue weighted by Gasteiger charge is -2.14. The number of esters is 1. The molecule has 1 aliphatic rings. The first kappa shape index (κ1) is 26.9. The molecule has 1 aromatic heterocycles. The fourth-order valence-corrected chi connectivity index (χ4v) is 4.68. The van der Waals surface area contributed by atoms with Crippen LogP contribution in [-0.4, -0.2) is 36.7 Å². The van der Waals surface area contributed by atoms with Crippen LogP contribution in [0.5, 0.6) is 17.2 Å². The molecule has 0 amide bonds. The second-order valence-electron chi connectivity index (χ2n) is 9.65. The van der Waals surface area contributed by atoms with E-state index in [0.717, 1.165) is 0 Å². The molecule has 0 N–H and O–H groups in total. The predicted octanol–water partition coefficient (Wildman–Crippen LogP) is 5.80. The highest BCUT2D eigenvalue weighted by molar-refractivity contribution is 6.11. The smallest absolute Gasteiger partial charge is 0.341 e. The molecule has 7 nitrogen and oxygen atoms in total. The van der Waals surface area contributed by atoms with Crippen LogP contribution in [0.3, 0.4) is 0 Å². The number of ketones is 2. The Labute approximate surface area is 228 Å². The lowest BCUT2D eigenvalue weighted by molar-refractivity contribution is -0.133. The van der Waals surface area contributed by atoms with Gasteiger partial charge in [-0.25, -0.2) is 13.6 Å². The third-order valence-electron chi connectivity index (χ3n) is 7.10. The molecule has 204 valence electrons. The van der Waals surface area contributed by atoms with Gasteiger partial charge in [-0.2, -0.15) is 0 Å². The van der Waals surface area contributed by atoms with E-state index in [2.05, 4.69) is 4.98 Å². The SMILES string of the molecule is COC(=O)c1cc2c(Oc3ccc(CC(=O)C4(C(=O)Cc5ccc(F)cc5)CC4)cc3F)ccnc2cc1OC. The third kappa shape index (κ3) is 5.27. The lowest BCUT2D eigenvalue weighted by atomic mass is 9.88. The van der Waals surface area contributed by atoms with Crippen LogP contribution in [-0.2, 0) is 27.2 Å². The van der Waals surface area contributed by atoms with Gasteiger partial charge < -0.3 is 14.2 Å². The van der Waals surface area contributed by atoms with E-state index in [4.69, 9.17) is 14.2 Å². The van der Waals surface area contributed by atoms with Gasteiger partial charge in [0.2, 0.25) is 0 Å². The van der Waals surface area contributed by atoms with Gasteiger partial charge in [-0.15, -0.1) is 0 Å². The van der Waals surface area contributed by atoms with Crippen molar-refractivity contribution in [3.63, 3.8) is 0 Å². The van der Waals surface area contributed by atoms with Gasteiger partial charge in [-0.05, 0) is 60.4 Å². The highest BCUT2D eigenvalue weighted by Gasteiger charge is 2.54. The normalized spacial score (nSPS) is 13.5. The summed E-state index contributed by atoms with van der Waals surface area (Å²) >= 11 is 0. The van der Waals surface area contributed by atoms with Gasteiger partial charge in [-0.1, -0.05) is 18.2 Å². The average Bonchev–Trinajstić information content (AvgIpc) is 3.77. The van der Waals surface area contributed by atoms with Gasteiger partial charge in [0.1, 0.15) is 22.9 Å². The summed E-state index contributed by atoms with van der Waals surface area (Å²) in [5, 5.41) is 0.442. The first-order valence-corrected chi connectivity index (χ1v) is 12.6. The van der Waals surface area contributed by atoms with Crippen LogP contribution in [0.1, 0.15) is 34.3 Å². The van der Waals surface area contributed by atoms with Gasteiger partial charge in [0.25, 0.3) is 0 Å². The zero-order valence-electron chi connectivity index (χ0n) is 21.8. The number of benzene rings is 3. The van der Waals surface area contributed by atoms with Crippen LogP contribution < -0.4 is 9.47 Å². The minimum absolute atomic E-state index is 0.0383. The van der Waals surface area contributed by atoms with Crippen molar-refractivity contribution in [1.82, 2.24) is 4.98 Å². The first-order chi connectivity index (χ1) is 19.2. The Balaban J connectivity index is 1.33. The van der Waals surface area contributed by atoms with Crippen molar-refractivity contribution in [2.75, 3.05) is 14.2 Å². The monoisotopic (exact) mass is 545 g/mol. The molecule has 1 fully saturated rings. The molecular formula is C31H25F2NO6. The number of carbonyl (C=O) groups excluding carboxylic acids is 3. The molecular weight excluding hydrogens is 520 g/mol. The van der Waals surface area contributed by atoms with Crippen molar-refractivity contribution in [3.8, 4) is 17.2 Å². The fourth-order valence-electron chi connectivity index (χ4n) is 4.68. The van der Waals surface area contributed by atoms with Crippen LogP contribution in [0.2, 0.25) is 0 Å². The molecule has 1 heterocycles. The Morgan fingerprint density at radius 3 is 2.12 bits per heavy atom. The number of methoxy groups -OCH3 is 2. The van der Waals surface area contributed by atoms with Gasteiger partial charge in [0.15, 0.2) is 23.1 Å². The standard InChI is InChI=1S/C31H25F2NO6/c1-38-27-17-24-21(16-22(27)30(37)39-2)25(9-12-34-24)40-26-8-5-19(13-23(26)33)15-29(36)31(10-11-31)28(35)14-18-3-6-20(32)7-4-18/h3-9,12-13,16-17H,10-11,14-15H2,1-2H3. The quantitative estimate of drug-likeness (QED) is 0.184. The number of ether oxygens (including phenoxy) is 3. The molecule has 0 atom stereocenters. The molecule has 9 heteroatoms. The fraction of sp³-hybridized carbons (Fsp3) is 0.226. The molecule has 0 aliphatic heterocycles. The Kier molecular flexibility index (Phi) is 7.30. The van der Waals surface area contributed by atoms with Crippen LogP contribution in [0.15, 0.2) is 66.9 Å². The highest BCUT2D eigenvalue weighted by Crippen LogP contribution is 2.49. The molecule has 0 saturated heterocycles. The van der Waals surface area contributed by atoms with Crippen molar-refractivity contribution < 1.29 is 37.4 Å². The zero-order valence-corrected chi connectivity index (χ0v) is 21.8. The molecule has 40 heavy (non-hydrogen) atoms. The number of Topliss-reactive ketones (excluding diaryl/α,β-unsaturated/α-hetero) is 2. The number of aromatic nitrogens is 1. The molecule has 0 unspecified atom stereocenters. The number of carbonyl (C=O) groups is 3. The number of hydrogen-bond donors (Lipinski definition) is 0. The van der Waals surface area contributed by atoms with E-state index in [1.165, 1.54) is 68.9 Å². The Morgan fingerprint density at radius 2 is 1.50 bits per heavy atom. The number of hydrogen-bond acceptors (Lipinski definition) is 7. The summed E-state index contributed by atoms with van der Waals surface area (Å²) in [7, 11) is 2.67. The summed E-state index contributed by atoms with van der Waals surface area (Å²) in [4.78, 5) is 42.5. The van der Waals surface area contributed by atoms with Crippen molar-refractivity contribution in [2.24, 2.45) is 5.41 Å². The van der Waals surface area contributed by atoms with Gasteiger partial charge in [-0.3, -0.25) is 14.6 Å². The molecule has 5 rings (SSSR count). The largest absolute Gasteiger partial charge is 0.496 e. The van der Waals surface area contributed by atoms with E-state index < -0.39 is 23.0 Å². The van der Waals surface area contributed by atoms with Gasteiger partial charge >= 0.3 is 5.97 Å². The predicted molar refractivity (Wildman–Crippen MR) is 142 cm³/mol. The molecule has 1 aliphatic carbocycles. The number of fused-ring (bicyclic) bond motifs is 1. The van der Waals surface area contributed by atoms with Crippen molar-refractivity contribution in [2.45, 2.75) is 25.7 Å². The van der Waals surface area contributed by atoms with Crippen molar-refractivity contribution >= 4 is 28.4 Å². The van der Waals surface area contributed by atoms with Crippen molar-refractivity contribution in [1.29, 1.82) is 0 Å². The van der Waals surface area contributed by atoms with Gasteiger partial charge in [0, 0.05) is 30.5 Å². The Morgan fingerprint density at radius 1 is 0.825 bits per heavy atom. The molecule has 1 saturated carbocycles. The number of nitrogens with zero attached hydrogens (tertiary/aromatic N) is 1. The zero-order chi connectivity index (χ0) is 28.4. The molecule has 0 spiro atoms. The van der Waals surface area contributed by atoms with E-state index in [1.54, 1.807) is 12.1 Å². The minimum Gasteiger partial charge on any atom is -0.496 e. The summed E-state index contributed by atoms with van der Waals surface area (Å²) in [6.07, 6.45) is 2.31. The number of pyridine rings is 1. The third-order valence-corrected chi connectivity index (χ3v) is 7.10. The van der Waals surface area contributed by atoms with Crippen LogP contribution in [0, 0.1) is 17.0 Å². The van der Waals surface area contributed by atoms with Crippen LogP contribution >= 0.6 is 0 Å². The lowest BCUT2D eigenvalue weighted by Crippen LogP contribution is -2.28. The highest BCUT2D eigenvalue weighted by atomic mass is 19.1. The summed E-state index contributed by atoms with van der Waals surface area (Å²) in [6, 6.07) is 14.4. The van der Waals surface area contributed by atoms with E-state index in [0.29, 0.717) is 34.9 Å². The topological polar surface area (TPSA) is 91.8 Å². The summed E-state index contributed by atoms with van der Waals surface area (Å²) in [5.74, 6) is -1.75. The van der Waals surface area contributed by atoms with Gasteiger partial charge in [0.05, 0.1) is 25.2 Å². The van der Waals surface area contributed by atoms with E-state index in [9.17, 15) is 18.8 Å². The van der Waals surface area contributed by atoms with E-state index in [-0.39, 0.29) is 47.2 Å². The number of halogens is 2. The second-order valence-corrected chi connectivity index (χ2v) is 9.65. The Hall–Kier alpha value is -4.66. The van der Waals surface area contributed by atoms with Crippen LogP contribution in [0.25, 0.3) is 10.9 Å². The second kappa shape index (κ2) is 10.8. The van der Waals surface area contributed by atoms with Crippen molar-refractivity contribution in [3.05, 3.63) is 95.2 Å². The average molecular weight is 546 g/mol. The summed E-state index contributed by atoms with van der Waals surface area (Å²) in [5.41, 5.74) is 0.595. The molecule has 4 aromatic rings. The van der Waals surface area contributed by atoms with E-state index in [1.807, 2.05) is 0 Å². The van der Waals surface area contributed by atoms with E-state index >= 15 is 4.39 Å². The molecule has 3 aromatic carbocycles. The maximum absolute atomic E-state index is 15.1. The summed E-state index contributed by atoms with van der Waals surface area (Å²) in [6.45, 7) is 0. The minimum atomic E-state index is -1.08. The number of rotatable bonds is 10. The van der Waals surface area contributed by atoms with Crippen LogP contribution in [0.4, 0.5) is 8.78 Å². The Bertz CT molecular complexity index is 1630. The molecule has 0 radical (unpaired) electrons. The maximum Gasteiger partial charge on any atom is 0.341 e. The molecule has 0 bridgehead atoms. The summed E-state index contributed by atoms with van der Waals surface area (Å²) < 4.78 is 44.2. The maximum atomic E-state index is 15.1.